The summed E-state index contributed by atoms with van der Waals surface area (Å²) in [6.45, 7) is 2.11. The smallest absolute Gasteiger partial charge is 0.112 e. The fraction of sp³-hybridized carbons (Fsp3) is 0.143. The minimum Gasteiger partial charge on any atom is -0.251 e. The normalized spacial score (nSPS) is 10.9. The van der Waals surface area contributed by atoms with Gasteiger partial charge in [0.25, 0.3) is 0 Å². The SMILES string of the molecule is CCc1cccc(-c2cc3ccccn3n2)n1. The Hall–Kier alpha value is -2.16. The van der Waals surface area contributed by atoms with Crippen LogP contribution in [-0.2, 0) is 6.42 Å². The fourth-order valence-corrected chi connectivity index (χ4v) is 1.88. The number of fused-ring (bicyclic) bond motifs is 1. The van der Waals surface area contributed by atoms with Gasteiger partial charge in [-0.15, -0.1) is 0 Å². The van der Waals surface area contributed by atoms with Crippen LogP contribution in [0.15, 0.2) is 48.7 Å². The van der Waals surface area contributed by atoms with Crippen molar-refractivity contribution in [3.8, 4) is 11.4 Å². The van der Waals surface area contributed by atoms with Crippen LogP contribution in [0.2, 0.25) is 0 Å². The maximum atomic E-state index is 4.58. The lowest BCUT2D eigenvalue weighted by Gasteiger charge is -1.98. The predicted octanol–water partition coefficient (Wildman–Crippen LogP) is 2.96. The second-order valence-corrected chi connectivity index (χ2v) is 3.97. The average Bonchev–Trinajstić information content (AvgIpc) is 2.82. The fourth-order valence-electron chi connectivity index (χ4n) is 1.88. The Kier molecular flexibility index (Phi) is 2.37. The summed E-state index contributed by atoms with van der Waals surface area (Å²) in [6, 6.07) is 14.2. The first-order chi connectivity index (χ1) is 8.36. The molecule has 0 saturated heterocycles. The van der Waals surface area contributed by atoms with Crippen LogP contribution in [0.25, 0.3) is 16.9 Å². The molecular formula is C14H13N3. The molecular weight excluding hydrogens is 210 g/mol. The van der Waals surface area contributed by atoms with Crippen LogP contribution in [0.1, 0.15) is 12.6 Å². The Morgan fingerprint density at radius 1 is 1.06 bits per heavy atom. The van der Waals surface area contributed by atoms with E-state index < -0.39 is 0 Å². The highest BCUT2D eigenvalue weighted by Gasteiger charge is 2.05. The number of hydrogen-bond acceptors (Lipinski definition) is 2. The van der Waals surface area contributed by atoms with Gasteiger partial charge in [0.05, 0.1) is 11.2 Å². The van der Waals surface area contributed by atoms with Gasteiger partial charge < -0.3 is 0 Å². The molecule has 0 aliphatic rings. The lowest BCUT2D eigenvalue weighted by atomic mass is 10.2. The first-order valence-corrected chi connectivity index (χ1v) is 5.77. The third kappa shape index (κ3) is 1.80. The first-order valence-electron chi connectivity index (χ1n) is 5.77. The predicted molar refractivity (Wildman–Crippen MR) is 67.8 cm³/mol. The van der Waals surface area contributed by atoms with E-state index in [1.165, 1.54) is 0 Å². The molecule has 0 aliphatic heterocycles. The maximum absolute atomic E-state index is 4.58. The van der Waals surface area contributed by atoms with Crippen LogP contribution >= 0.6 is 0 Å². The molecule has 3 nitrogen and oxygen atoms in total. The minimum atomic E-state index is 0.923. The van der Waals surface area contributed by atoms with E-state index in [1.807, 2.05) is 47.1 Å². The van der Waals surface area contributed by atoms with Gasteiger partial charge in [0.2, 0.25) is 0 Å². The van der Waals surface area contributed by atoms with E-state index in [4.69, 9.17) is 0 Å². The molecule has 3 heterocycles. The van der Waals surface area contributed by atoms with Crippen molar-refractivity contribution >= 4 is 5.52 Å². The van der Waals surface area contributed by atoms with E-state index >= 15 is 0 Å². The zero-order chi connectivity index (χ0) is 11.7. The molecule has 0 unspecified atom stereocenters. The zero-order valence-corrected chi connectivity index (χ0v) is 9.67. The summed E-state index contributed by atoms with van der Waals surface area (Å²) in [4.78, 5) is 4.58. The van der Waals surface area contributed by atoms with E-state index in [-0.39, 0.29) is 0 Å². The Balaban J connectivity index is 2.13. The molecule has 3 rings (SSSR count). The Labute approximate surface area is 99.7 Å². The Morgan fingerprint density at radius 3 is 2.82 bits per heavy atom. The second kappa shape index (κ2) is 4.01. The van der Waals surface area contributed by atoms with Crippen LogP contribution in [0.3, 0.4) is 0 Å². The molecule has 3 heteroatoms. The van der Waals surface area contributed by atoms with Crippen molar-refractivity contribution in [1.82, 2.24) is 14.6 Å². The molecule has 0 fully saturated rings. The van der Waals surface area contributed by atoms with Crippen molar-refractivity contribution in [1.29, 1.82) is 0 Å². The largest absolute Gasteiger partial charge is 0.251 e. The number of hydrogen-bond donors (Lipinski definition) is 0. The lowest BCUT2D eigenvalue weighted by molar-refractivity contribution is 0.956. The molecule has 0 bridgehead atoms. The standard InChI is InChI=1S/C14H13N3/c1-2-11-6-5-8-13(15-11)14-10-12-7-3-4-9-17(12)16-14/h3-10H,2H2,1H3. The third-order valence-electron chi connectivity index (χ3n) is 2.80. The second-order valence-electron chi connectivity index (χ2n) is 3.97. The van der Waals surface area contributed by atoms with Gasteiger partial charge in [-0.3, -0.25) is 4.98 Å². The van der Waals surface area contributed by atoms with E-state index in [2.05, 4.69) is 23.1 Å². The molecule has 0 radical (unpaired) electrons. The molecule has 0 aliphatic carbocycles. The molecule has 3 aromatic heterocycles. The molecule has 84 valence electrons. The van der Waals surface area contributed by atoms with Crippen LogP contribution in [0.5, 0.6) is 0 Å². The summed E-state index contributed by atoms with van der Waals surface area (Å²) in [7, 11) is 0. The minimum absolute atomic E-state index is 0.923. The van der Waals surface area contributed by atoms with Crippen molar-refractivity contribution in [3.63, 3.8) is 0 Å². The Morgan fingerprint density at radius 2 is 2.00 bits per heavy atom. The van der Waals surface area contributed by atoms with Crippen molar-refractivity contribution in [2.24, 2.45) is 0 Å². The van der Waals surface area contributed by atoms with Crippen LogP contribution in [-0.4, -0.2) is 14.6 Å². The summed E-state index contributed by atoms with van der Waals surface area (Å²) in [6.07, 6.45) is 2.89. The summed E-state index contributed by atoms with van der Waals surface area (Å²) in [5.41, 5.74) is 4.05. The number of rotatable bonds is 2. The van der Waals surface area contributed by atoms with Gasteiger partial charge in [0.1, 0.15) is 5.69 Å². The van der Waals surface area contributed by atoms with Gasteiger partial charge in [0, 0.05) is 11.9 Å². The molecule has 0 spiro atoms. The van der Waals surface area contributed by atoms with Crippen LogP contribution in [0.4, 0.5) is 0 Å². The van der Waals surface area contributed by atoms with Crippen molar-refractivity contribution in [2.45, 2.75) is 13.3 Å². The van der Waals surface area contributed by atoms with Gasteiger partial charge in [-0.25, -0.2) is 4.52 Å². The number of aromatic nitrogens is 3. The van der Waals surface area contributed by atoms with Gasteiger partial charge in [-0.1, -0.05) is 19.1 Å². The highest BCUT2D eigenvalue weighted by Crippen LogP contribution is 2.17. The summed E-state index contributed by atoms with van der Waals surface area (Å²) in [5.74, 6) is 0. The first kappa shape index (κ1) is 10.0. The van der Waals surface area contributed by atoms with Crippen LogP contribution < -0.4 is 0 Å². The number of nitrogens with zero attached hydrogens (tertiary/aromatic N) is 3. The highest BCUT2D eigenvalue weighted by atomic mass is 15.2. The van der Waals surface area contributed by atoms with Crippen molar-refractivity contribution < 1.29 is 0 Å². The lowest BCUT2D eigenvalue weighted by Crippen LogP contribution is -1.91. The van der Waals surface area contributed by atoms with Crippen molar-refractivity contribution in [2.75, 3.05) is 0 Å². The van der Waals surface area contributed by atoms with Gasteiger partial charge >= 0.3 is 0 Å². The molecule has 0 N–H and O–H groups in total. The quantitative estimate of drug-likeness (QED) is 0.668. The molecule has 0 aromatic carbocycles. The Bertz CT molecular complexity index is 622. The van der Waals surface area contributed by atoms with Crippen LogP contribution in [0, 0.1) is 0 Å². The monoisotopic (exact) mass is 223 g/mol. The maximum Gasteiger partial charge on any atom is 0.112 e. The van der Waals surface area contributed by atoms with Crippen molar-refractivity contribution in [3.05, 3.63) is 54.4 Å². The topological polar surface area (TPSA) is 30.2 Å². The number of aryl methyl sites for hydroxylation is 1. The molecule has 3 aromatic rings. The number of pyridine rings is 2. The molecule has 0 saturated carbocycles. The van der Waals surface area contributed by atoms with E-state index in [1.54, 1.807) is 0 Å². The molecule has 0 atom stereocenters. The zero-order valence-electron chi connectivity index (χ0n) is 9.67. The van der Waals surface area contributed by atoms with E-state index in [0.717, 1.165) is 29.0 Å². The van der Waals surface area contributed by atoms with Gasteiger partial charge in [0.15, 0.2) is 0 Å². The third-order valence-corrected chi connectivity index (χ3v) is 2.80. The van der Waals surface area contributed by atoms with Gasteiger partial charge in [-0.05, 0) is 36.8 Å². The van der Waals surface area contributed by atoms with Gasteiger partial charge in [-0.2, -0.15) is 5.10 Å². The van der Waals surface area contributed by atoms with E-state index in [9.17, 15) is 0 Å². The highest BCUT2D eigenvalue weighted by molar-refractivity contribution is 5.62. The summed E-state index contributed by atoms with van der Waals surface area (Å²) < 4.78 is 1.87. The summed E-state index contributed by atoms with van der Waals surface area (Å²) >= 11 is 0. The molecule has 0 amide bonds. The van der Waals surface area contributed by atoms with E-state index in [0.29, 0.717) is 0 Å². The summed E-state index contributed by atoms with van der Waals surface area (Å²) in [5, 5.41) is 4.51. The molecule has 17 heavy (non-hydrogen) atoms. The average molecular weight is 223 g/mol.